The monoisotopic (exact) mass is 449 g/mol. The van der Waals surface area contributed by atoms with Crippen LogP contribution in [0.4, 0.5) is 11.5 Å². The van der Waals surface area contributed by atoms with Crippen molar-refractivity contribution in [3.05, 3.63) is 71.4 Å². The molecule has 2 heterocycles. The molecule has 0 saturated carbocycles. The lowest BCUT2D eigenvalue weighted by Gasteiger charge is -2.15. The number of hydrogen-bond acceptors (Lipinski definition) is 6. The third-order valence-electron chi connectivity index (χ3n) is 5.14. The van der Waals surface area contributed by atoms with Crippen molar-refractivity contribution in [2.75, 3.05) is 19.5 Å². The van der Waals surface area contributed by atoms with Gasteiger partial charge in [0.25, 0.3) is 0 Å². The molecule has 0 spiro atoms. The van der Waals surface area contributed by atoms with Gasteiger partial charge in [-0.1, -0.05) is 29.5 Å². The van der Waals surface area contributed by atoms with E-state index in [1.165, 1.54) is 24.5 Å². The van der Waals surface area contributed by atoms with Crippen molar-refractivity contribution >= 4 is 28.8 Å². The molecule has 0 radical (unpaired) electrons. The lowest BCUT2D eigenvalue weighted by Crippen LogP contribution is -2.08. The fraction of sp³-hybridized carbons (Fsp3) is 0.167. The Hall–Kier alpha value is -3.78. The molecule has 0 amide bonds. The minimum atomic E-state index is -1.05. The molecule has 2 aromatic heterocycles. The number of anilines is 2. The predicted octanol–water partition coefficient (Wildman–Crippen LogP) is 5.68. The summed E-state index contributed by atoms with van der Waals surface area (Å²) in [6, 6.07) is 16.7. The number of para-hydroxylation sites is 1. The highest BCUT2D eigenvalue weighted by atomic mass is 32.1. The highest BCUT2D eigenvalue weighted by Crippen LogP contribution is 2.41. The van der Waals surface area contributed by atoms with Gasteiger partial charge in [-0.3, -0.25) is 0 Å². The number of hydrogen-bond donors (Lipinski definition) is 2. The average molecular weight is 450 g/mol. The van der Waals surface area contributed by atoms with Gasteiger partial charge in [0.1, 0.15) is 11.6 Å². The maximum atomic E-state index is 12.0. The second kappa shape index (κ2) is 8.76. The molecule has 164 valence electrons. The molecular weight excluding hydrogens is 426 g/mol. The first-order chi connectivity index (χ1) is 15.4. The zero-order chi connectivity index (χ0) is 22.8. The van der Waals surface area contributed by atoms with E-state index in [-0.39, 0.29) is 5.56 Å². The molecule has 0 atom stereocenters. The summed E-state index contributed by atoms with van der Waals surface area (Å²) in [6.07, 6.45) is 0. The number of aromatic carboxylic acids is 1. The molecule has 7 nitrogen and oxygen atoms in total. The van der Waals surface area contributed by atoms with Crippen molar-refractivity contribution in [3.8, 4) is 26.9 Å². The van der Waals surface area contributed by atoms with Crippen LogP contribution in [0.3, 0.4) is 0 Å². The Morgan fingerprint density at radius 2 is 1.84 bits per heavy atom. The molecule has 0 fully saturated rings. The van der Waals surface area contributed by atoms with Crippen LogP contribution in [-0.4, -0.2) is 35.1 Å². The van der Waals surface area contributed by atoms with E-state index in [2.05, 4.69) is 5.32 Å². The van der Waals surface area contributed by atoms with Gasteiger partial charge in [0, 0.05) is 4.88 Å². The molecule has 2 aromatic carbocycles. The third-order valence-corrected chi connectivity index (χ3v) is 6.21. The van der Waals surface area contributed by atoms with Gasteiger partial charge in [-0.05, 0) is 55.8 Å². The molecule has 4 aromatic rings. The quantitative estimate of drug-likeness (QED) is 0.378. The molecule has 2 N–H and O–H groups in total. The number of rotatable bonds is 7. The number of ether oxygens (including phenoxy) is 2. The second-order valence-corrected chi connectivity index (χ2v) is 8.22. The first-order valence-corrected chi connectivity index (χ1v) is 10.7. The van der Waals surface area contributed by atoms with Crippen molar-refractivity contribution in [3.63, 3.8) is 0 Å². The third kappa shape index (κ3) is 3.92. The summed E-state index contributed by atoms with van der Waals surface area (Å²) in [6.45, 7) is 3.95. The number of aryl methyl sites for hydroxylation is 2. The van der Waals surface area contributed by atoms with Crippen LogP contribution in [0.5, 0.6) is 10.8 Å². The van der Waals surface area contributed by atoms with Crippen molar-refractivity contribution in [1.82, 2.24) is 9.78 Å². The fourth-order valence-corrected chi connectivity index (χ4v) is 4.46. The van der Waals surface area contributed by atoms with E-state index in [4.69, 9.17) is 14.6 Å². The number of benzene rings is 2. The molecule has 0 aliphatic heterocycles. The van der Waals surface area contributed by atoms with Gasteiger partial charge in [-0.2, -0.15) is 5.10 Å². The van der Waals surface area contributed by atoms with E-state index in [1.807, 2.05) is 54.9 Å². The molecular formula is C24H23N3O4S. The van der Waals surface area contributed by atoms with Crippen LogP contribution in [0.1, 0.15) is 21.6 Å². The van der Waals surface area contributed by atoms with Gasteiger partial charge in [0.05, 0.1) is 42.4 Å². The number of nitrogens with one attached hydrogen (secondary N) is 1. The molecule has 0 saturated heterocycles. The van der Waals surface area contributed by atoms with Crippen LogP contribution in [-0.2, 0) is 0 Å². The van der Waals surface area contributed by atoms with Gasteiger partial charge in [0.2, 0.25) is 0 Å². The van der Waals surface area contributed by atoms with Gasteiger partial charge >= 0.3 is 5.97 Å². The number of thiophene rings is 1. The zero-order valence-corrected chi connectivity index (χ0v) is 19.0. The Morgan fingerprint density at radius 1 is 1.06 bits per heavy atom. The van der Waals surface area contributed by atoms with E-state index in [0.717, 1.165) is 32.4 Å². The van der Waals surface area contributed by atoms with E-state index in [1.54, 1.807) is 19.2 Å². The minimum absolute atomic E-state index is 0.106. The van der Waals surface area contributed by atoms with Crippen LogP contribution < -0.4 is 14.8 Å². The summed E-state index contributed by atoms with van der Waals surface area (Å²) in [5.74, 6) is 0.0955. The largest absolute Gasteiger partial charge is 0.497 e. The molecule has 0 unspecified atom stereocenters. The maximum Gasteiger partial charge on any atom is 0.337 e. The predicted molar refractivity (Wildman–Crippen MR) is 126 cm³/mol. The summed E-state index contributed by atoms with van der Waals surface area (Å²) >= 11 is 1.50. The molecule has 0 aliphatic rings. The van der Waals surface area contributed by atoms with Gasteiger partial charge in [0.15, 0.2) is 5.06 Å². The number of aromatic nitrogens is 2. The van der Waals surface area contributed by atoms with Crippen molar-refractivity contribution in [1.29, 1.82) is 0 Å². The summed E-state index contributed by atoms with van der Waals surface area (Å²) < 4.78 is 12.4. The normalized spacial score (nSPS) is 10.8. The number of carbonyl (C=O) groups is 1. The first kappa shape index (κ1) is 21.5. The summed E-state index contributed by atoms with van der Waals surface area (Å²) in [5, 5.41) is 18.7. The van der Waals surface area contributed by atoms with Crippen molar-refractivity contribution in [2.24, 2.45) is 0 Å². The molecule has 32 heavy (non-hydrogen) atoms. The Balaban J connectivity index is 1.93. The van der Waals surface area contributed by atoms with Gasteiger partial charge < -0.3 is 19.9 Å². The summed E-state index contributed by atoms with van der Waals surface area (Å²) in [7, 11) is 3.14. The fourth-order valence-electron chi connectivity index (χ4n) is 3.54. The number of nitrogens with zero attached hydrogens (tertiary/aromatic N) is 2. The van der Waals surface area contributed by atoms with Crippen molar-refractivity contribution < 1.29 is 19.4 Å². The lowest BCUT2D eigenvalue weighted by atomic mass is 10.1. The van der Waals surface area contributed by atoms with Crippen LogP contribution in [0.2, 0.25) is 0 Å². The van der Waals surface area contributed by atoms with Crippen molar-refractivity contribution in [2.45, 2.75) is 13.8 Å². The highest BCUT2D eigenvalue weighted by molar-refractivity contribution is 7.17. The number of methoxy groups -OCH3 is 2. The minimum Gasteiger partial charge on any atom is -0.497 e. The Morgan fingerprint density at radius 3 is 2.50 bits per heavy atom. The standard InChI is InChI=1S/C24H23N3O4S/c1-14-7-5-6-8-19(14)27-23(22(15(2)26-27)20-11-12-21(31-4)32-20)25-18-10-9-16(30-3)13-17(18)24(28)29/h5-13,25H,1-4H3,(H,28,29). The van der Waals surface area contributed by atoms with Crippen LogP contribution >= 0.6 is 11.3 Å². The van der Waals surface area contributed by atoms with Crippen LogP contribution in [0, 0.1) is 13.8 Å². The zero-order valence-electron chi connectivity index (χ0n) is 18.2. The topological polar surface area (TPSA) is 85.6 Å². The Labute approximate surface area is 189 Å². The molecule has 4 rings (SSSR count). The molecule has 0 aliphatic carbocycles. The maximum absolute atomic E-state index is 12.0. The Kier molecular flexibility index (Phi) is 5.87. The molecule has 0 bridgehead atoms. The van der Waals surface area contributed by atoms with E-state index >= 15 is 0 Å². The van der Waals surface area contributed by atoms with E-state index in [0.29, 0.717) is 17.3 Å². The van der Waals surface area contributed by atoms with Crippen LogP contribution in [0.25, 0.3) is 16.1 Å². The SMILES string of the molecule is COc1ccc(Nc2c(-c3ccc(OC)s3)c(C)nn2-c2ccccc2C)c(C(=O)O)c1. The first-order valence-electron chi connectivity index (χ1n) is 9.91. The smallest absolute Gasteiger partial charge is 0.337 e. The highest BCUT2D eigenvalue weighted by Gasteiger charge is 2.23. The summed E-state index contributed by atoms with van der Waals surface area (Å²) in [4.78, 5) is 12.9. The van der Waals surface area contributed by atoms with Gasteiger partial charge in [-0.15, -0.1) is 0 Å². The average Bonchev–Trinajstić information content (AvgIpc) is 3.38. The van der Waals surface area contributed by atoms with E-state index < -0.39 is 5.97 Å². The number of carboxylic acids is 1. The van der Waals surface area contributed by atoms with Crippen LogP contribution in [0.15, 0.2) is 54.6 Å². The molecule has 8 heteroatoms. The van der Waals surface area contributed by atoms with Gasteiger partial charge in [-0.25, -0.2) is 9.48 Å². The second-order valence-electron chi connectivity index (χ2n) is 7.17. The lowest BCUT2D eigenvalue weighted by molar-refractivity contribution is 0.0697. The Bertz CT molecular complexity index is 1290. The number of carboxylic acid groups (broad SMARTS) is 1. The summed E-state index contributed by atoms with van der Waals surface area (Å²) in [5.41, 5.74) is 4.19. The van der Waals surface area contributed by atoms with E-state index in [9.17, 15) is 9.90 Å².